The van der Waals surface area contributed by atoms with Crippen molar-refractivity contribution in [3.05, 3.63) is 23.0 Å². The molecule has 0 aliphatic heterocycles. The lowest BCUT2D eigenvalue weighted by molar-refractivity contribution is 0.0952. The van der Waals surface area contributed by atoms with E-state index in [9.17, 15) is 4.79 Å². The molecule has 0 radical (unpaired) electrons. The highest BCUT2D eigenvalue weighted by atomic mass is 35.5. The summed E-state index contributed by atoms with van der Waals surface area (Å²) in [6, 6.07) is 2.44. The van der Waals surface area contributed by atoms with E-state index in [1.54, 1.807) is 0 Å². The molecule has 0 fully saturated rings. The number of carbonyl (C=O) groups is 1. The van der Waals surface area contributed by atoms with Crippen LogP contribution in [0.15, 0.2) is 6.07 Å². The minimum absolute atomic E-state index is 0. The molecule has 3 N–H and O–H groups in total. The fraction of sp³-hybridized carbons (Fsp3) is 0.643. The molecular weight excluding hydrogens is 262 g/mol. The van der Waals surface area contributed by atoms with Gasteiger partial charge in [-0.2, -0.15) is 0 Å². The average Bonchev–Trinajstić information content (AvgIpc) is 2.53. The van der Waals surface area contributed by atoms with E-state index < -0.39 is 0 Å². The van der Waals surface area contributed by atoms with Gasteiger partial charge in [0.15, 0.2) is 0 Å². The van der Waals surface area contributed by atoms with Crippen LogP contribution in [0.5, 0.6) is 0 Å². The third kappa shape index (κ3) is 4.55. The Bertz CT molecular complexity index is 425. The zero-order valence-corrected chi connectivity index (χ0v) is 13.3. The molecule has 1 rings (SSSR count). The molecule has 0 aliphatic rings. The molecule has 1 atom stereocenters. The van der Waals surface area contributed by atoms with Gasteiger partial charge in [0, 0.05) is 30.0 Å². The fourth-order valence-corrected chi connectivity index (χ4v) is 2.31. The smallest absolute Gasteiger partial charge is 0.253 e. The summed E-state index contributed by atoms with van der Waals surface area (Å²) < 4.78 is 2.18. The molecule has 1 amide bonds. The van der Waals surface area contributed by atoms with Gasteiger partial charge in [0.25, 0.3) is 5.91 Å². The van der Waals surface area contributed by atoms with E-state index in [1.807, 2.05) is 26.8 Å². The summed E-state index contributed by atoms with van der Waals surface area (Å²) in [5.74, 6) is -0.00403. The average molecular weight is 288 g/mol. The maximum absolute atomic E-state index is 12.1. The van der Waals surface area contributed by atoms with Gasteiger partial charge in [0.1, 0.15) is 0 Å². The number of aryl methyl sites for hydroxylation is 1. The number of carbonyl (C=O) groups excluding carboxylic acids is 1. The van der Waals surface area contributed by atoms with Crippen LogP contribution < -0.4 is 11.1 Å². The molecule has 0 aromatic carbocycles. The van der Waals surface area contributed by atoms with E-state index in [0.717, 1.165) is 23.4 Å². The summed E-state index contributed by atoms with van der Waals surface area (Å²) in [5, 5.41) is 2.92. The van der Waals surface area contributed by atoms with Crippen molar-refractivity contribution >= 4 is 18.3 Å². The maximum atomic E-state index is 12.1. The minimum atomic E-state index is -0.00403. The number of halogens is 1. The molecule has 1 unspecified atom stereocenters. The highest BCUT2D eigenvalue weighted by Gasteiger charge is 2.16. The summed E-state index contributed by atoms with van der Waals surface area (Å²) in [4.78, 5) is 12.1. The van der Waals surface area contributed by atoms with Crippen molar-refractivity contribution in [2.24, 2.45) is 5.73 Å². The number of nitrogens with one attached hydrogen (secondary N) is 1. The van der Waals surface area contributed by atoms with E-state index in [2.05, 4.69) is 23.7 Å². The third-order valence-corrected chi connectivity index (χ3v) is 3.13. The summed E-state index contributed by atoms with van der Waals surface area (Å²) in [6.07, 6.45) is 0.800. The van der Waals surface area contributed by atoms with Gasteiger partial charge in [0.05, 0.1) is 5.56 Å². The van der Waals surface area contributed by atoms with Crippen molar-refractivity contribution in [2.75, 3.05) is 6.54 Å². The Labute approximate surface area is 122 Å². The first-order valence-corrected chi connectivity index (χ1v) is 6.56. The molecule has 5 heteroatoms. The molecule has 0 saturated carbocycles. The summed E-state index contributed by atoms with van der Waals surface area (Å²) in [6.45, 7) is 10.8. The normalized spacial score (nSPS) is 12.2. The van der Waals surface area contributed by atoms with E-state index in [4.69, 9.17) is 5.73 Å². The van der Waals surface area contributed by atoms with Crippen LogP contribution in [-0.4, -0.2) is 23.1 Å². The third-order valence-electron chi connectivity index (χ3n) is 3.13. The highest BCUT2D eigenvalue weighted by molar-refractivity contribution is 5.95. The predicted molar refractivity (Wildman–Crippen MR) is 82.1 cm³/mol. The highest BCUT2D eigenvalue weighted by Crippen LogP contribution is 2.19. The largest absolute Gasteiger partial charge is 0.352 e. The summed E-state index contributed by atoms with van der Waals surface area (Å²) in [7, 11) is 0. The van der Waals surface area contributed by atoms with E-state index in [0.29, 0.717) is 12.6 Å². The van der Waals surface area contributed by atoms with Gasteiger partial charge in [-0.15, -0.1) is 12.4 Å². The van der Waals surface area contributed by atoms with Crippen molar-refractivity contribution in [2.45, 2.75) is 53.1 Å². The predicted octanol–water partition coefficient (Wildman–Crippen LogP) is 2.57. The fourth-order valence-electron chi connectivity index (χ4n) is 2.31. The monoisotopic (exact) mass is 287 g/mol. The van der Waals surface area contributed by atoms with Crippen LogP contribution in [0, 0.1) is 13.8 Å². The molecular formula is C14H26ClN3O. The second kappa shape index (κ2) is 7.56. The quantitative estimate of drug-likeness (QED) is 0.874. The number of nitrogens with two attached hydrogens (primary N) is 1. The second-order valence-electron chi connectivity index (χ2n) is 5.27. The Kier molecular flexibility index (Phi) is 7.16. The van der Waals surface area contributed by atoms with Crippen molar-refractivity contribution in [3.63, 3.8) is 0 Å². The van der Waals surface area contributed by atoms with Crippen molar-refractivity contribution in [1.29, 1.82) is 0 Å². The second-order valence-corrected chi connectivity index (χ2v) is 5.27. The van der Waals surface area contributed by atoms with Gasteiger partial charge < -0.3 is 15.6 Å². The maximum Gasteiger partial charge on any atom is 0.253 e. The molecule has 4 nitrogen and oxygen atoms in total. The van der Waals surface area contributed by atoms with Gasteiger partial charge in [-0.25, -0.2) is 0 Å². The SMILES string of the molecule is Cc1cc(C(=O)NCCC(C)N)c(C)n1C(C)C.Cl. The number of hydrogen-bond acceptors (Lipinski definition) is 2. The minimum Gasteiger partial charge on any atom is -0.352 e. The molecule has 0 saturated heterocycles. The van der Waals surface area contributed by atoms with Gasteiger partial charge in [0.2, 0.25) is 0 Å². The van der Waals surface area contributed by atoms with Crippen LogP contribution in [0.3, 0.4) is 0 Å². The van der Waals surface area contributed by atoms with Crippen molar-refractivity contribution < 1.29 is 4.79 Å². The molecule has 0 spiro atoms. The number of amides is 1. The van der Waals surface area contributed by atoms with Gasteiger partial charge >= 0.3 is 0 Å². The van der Waals surface area contributed by atoms with Gasteiger partial charge in [-0.05, 0) is 47.1 Å². The van der Waals surface area contributed by atoms with Crippen LogP contribution in [0.4, 0.5) is 0 Å². The van der Waals surface area contributed by atoms with Crippen LogP contribution in [0.25, 0.3) is 0 Å². The molecule has 110 valence electrons. The Hall–Kier alpha value is -1.000. The lowest BCUT2D eigenvalue weighted by Crippen LogP contribution is -2.29. The molecule has 1 heterocycles. The lowest BCUT2D eigenvalue weighted by Gasteiger charge is -2.13. The number of nitrogens with zero attached hydrogens (tertiary/aromatic N) is 1. The van der Waals surface area contributed by atoms with Crippen molar-refractivity contribution in [3.8, 4) is 0 Å². The first-order valence-electron chi connectivity index (χ1n) is 6.56. The first-order chi connectivity index (χ1) is 8.34. The van der Waals surface area contributed by atoms with Crippen molar-refractivity contribution in [1.82, 2.24) is 9.88 Å². The topological polar surface area (TPSA) is 60.1 Å². The Balaban J connectivity index is 0.00000324. The van der Waals surface area contributed by atoms with Crippen LogP contribution in [0.2, 0.25) is 0 Å². The molecule has 0 aliphatic carbocycles. The zero-order valence-electron chi connectivity index (χ0n) is 12.5. The molecule has 1 aromatic rings. The van der Waals surface area contributed by atoms with E-state index >= 15 is 0 Å². The number of hydrogen-bond donors (Lipinski definition) is 2. The van der Waals surface area contributed by atoms with Gasteiger partial charge in [-0.1, -0.05) is 0 Å². The summed E-state index contributed by atoms with van der Waals surface area (Å²) >= 11 is 0. The van der Waals surface area contributed by atoms with Crippen LogP contribution >= 0.6 is 12.4 Å². The molecule has 1 aromatic heterocycles. The first kappa shape index (κ1) is 18.0. The number of rotatable bonds is 5. The summed E-state index contributed by atoms with van der Waals surface area (Å²) in [5.41, 5.74) is 8.58. The molecule has 0 bridgehead atoms. The Morgan fingerprint density at radius 2 is 1.95 bits per heavy atom. The zero-order chi connectivity index (χ0) is 13.9. The Morgan fingerprint density at radius 3 is 2.37 bits per heavy atom. The number of aromatic nitrogens is 1. The van der Waals surface area contributed by atoms with Gasteiger partial charge in [-0.3, -0.25) is 4.79 Å². The standard InChI is InChI=1S/C14H25N3O.ClH/c1-9(2)17-11(4)8-13(12(17)5)14(18)16-7-6-10(3)15;/h8-10H,6-7,15H2,1-5H3,(H,16,18);1H. The molecule has 19 heavy (non-hydrogen) atoms. The van der Waals surface area contributed by atoms with E-state index in [1.165, 1.54) is 0 Å². The lowest BCUT2D eigenvalue weighted by atomic mass is 10.2. The van der Waals surface area contributed by atoms with Crippen LogP contribution in [-0.2, 0) is 0 Å². The Morgan fingerprint density at radius 1 is 1.37 bits per heavy atom. The van der Waals surface area contributed by atoms with Crippen LogP contribution in [0.1, 0.15) is 55.0 Å². The van der Waals surface area contributed by atoms with E-state index in [-0.39, 0.29) is 24.4 Å².